The van der Waals surface area contributed by atoms with Gasteiger partial charge in [0.2, 0.25) is 0 Å². The summed E-state index contributed by atoms with van der Waals surface area (Å²) in [7, 11) is 0. The normalized spacial score (nSPS) is 10.4. The molecule has 0 atom stereocenters. The lowest BCUT2D eigenvalue weighted by molar-refractivity contribution is 0.0694. The predicted octanol–water partition coefficient (Wildman–Crippen LogP) is 0.672. The number of nitrogens with zero attached hydrogens (tertiary/aromatic N) is 1. The van der Waals surface area contributed by atoms with Gasteiger partial charge < -0.3 is 5.11 Å². The second-order valence-electron chi connectivity index (χ2n) is 3.91. The molecule has 0 amide bonds. The SMILES string of the molecule is Cc1ccc(-n2cc(C(=O)O)c(=O)[nH]c2=O)cc1F. The van der Waals surface area contributed by atoms with Gasteiger partial charge in [-0.15, -0.1) is 0 Å². The third-order valence-corrected chi connectivity index (χ3v) is 2.61. The van der Waals surface area contributed by atoms with Gasteiger partial charge in [-0.25, -0.2) is 14.0 Å². The van der Waals surface area contributed by atoms with Crippen LogP contribution in [0.1, 0.15) is 15.9 Å². The minimum atomic E-state index is -1.47. The topological polar surface area (TPSA) is 92.2 Å². The highest BCUT2D eigenvalue weighted by Gasteiger charge is 2.12. The van der Waals surface area contributed by atoms with Crippen molar-refractivity contribution in [3.05, 3.63) is 62.2 Å². The van der Waals surface area contributed by atoms with E-state index < -0.39 is 28.6 Å². The zero-order valence-corrected chi connectivity index (χ0v) is 9.81. The van der Waals surface area contributed by atoms with E-state index in [-0.39, 0.29) is 5.69 Å². The molecule has 0 aliphatic heterocycles. The number of aryl methyl sites for hydroxylation is 1. The average molecular weight is 264 g/mol. The second kappa shape index (κ2) is 4.52. The van der Waals surface area contributed by atoms with Crippen molar-refractivity contribution < 1.29 is 14.3 Å². The van der Waals surface area contributed by atoms with E-state index in [2.05, 4.69) is 0 Å². The first-order valence-corrected chi connectivity index (χ1v) is 5.26. The van der Waals surface area contributed by atoms with E-state index in [1.807, 2.05) is 4.98 Å². The number of nitrogens with one attached hydrogen (secondary N) is 1. The number of halogens is 1. The summed E-state index contributed by atoms with van der Waals surface area (Å²) in [5, 5.41) is 8.82. The Labute approximate surface area is 105 Å². The number of carbonyl (C=O) groups is 1. The van der Waals surface area contributed by atoms with E-state index in [0.717, 1.165) is 16.8 Å². The zero-order chi connectivity index (χ0) is 14.2. The summed E-state index contributed by atoms with van der Waals surface area (Å²) in [6, 6.07) is 3.98. The Kier molecular flexibility index (Phi) is 3.04. The maximum Gasteiger partial charge on any atom is 0.342 e. The number of rotatable bonds is 2. The smallest absolute Gasteiger partial charge is 0.342 e. The minimum absolute atomic E-state index is 0.131. The molecule has 0 unspecified atom stereocenters. The quantitative estimate of drug-likeness (QED) is 0.833. The van der Waals surface area contributed by atoms with Gasteiger partial charge in [0.25, 0.3) is 5.56 Å². The van der Waals surface area contributed by atoms with Gasteiger partial charge in [0.15, 0.2) is 0 Å². The molecule has 2 rings (SSSR count). The molecule has 6 nitrogen and oxygen atoms in total. The Morgan fingerprint density at radius 3 is 2.63 bits per heavy atom. The number of carboxylic acids is 1. The zero-order valence-electron chi connectivity index (χ0n) is 9.81. The molecule has 2 N–H and O–H groups in total. The Bertz CT molecular complexity index is 776. The number of aromatic nitrogens is 2. The van der Waals surface area contributed by atoms with Crippen LogP contribution in [0.15, 0.2) is 34.0 Å². The standard InChI is InChI=1S/C12H9FN2O4/c1-6-2-3-7(4-9(6)13)15-5-8(11(17)18)10(16)14-12(15)19/h2-5H,1H3,(H,17,18)(H,14,16,19). The monoisotopic (exact) mass is 264 g/mol. The van der Waals surface area contributed by atoms with E-state index >= 15 is 0 Å². The van der Waals surface area contributed by atoms with Crippen LogP contribution in [-0.2, 0) is 0 Å². The Morgan fingerprint density at radius 1 is 1.37 bits per heavy atom. The van der Waals surface area contributed by atoms with Gasteiger partial charge in [0, 0.05) is 6.20 Å². The lowest BCUT2D eigenvalue weighted by Crippen LogP contribution is -2.32. The molecule has 1 heterocycles. The molecule has 98 valence electrons. The number of hydrogen-bond acceptors (Lipinski definition) is 3. The van der Waals surface area contributed by atoms with Crippen LogP contribution < -0.4 is 11.2 Å². The fourth-order valence-electron chi connectivity index (χ4n) is 1.55. The first kappa shape index (κ1) is 12.7. The summed E-state index contributed by atoms with van der Waals surface area (Å²) < 4.78 is 14.3. The summed E-state index contributed by atoms with van der Waals surface area (Å²) in [4.78, 5) is 35.6. The molecule has 0 aliphatic carbocycles. The van der Waals surface area contributed by atoms with Crippen LogP contribution >= 0.6 is 0 Å². The lowest BCUT2D eigenvalue weighted by Gasteiger charge is -2.07. The fourth-order valence-corrected chi connectivity index (χ4v) is 1.55. The predicted molar refractivity (Wildman–Crippen MR) is 64.3 cm³/mol. The maximum absolute atomic E-state index is 13.4. The van der Waals surface area contributed by atoms with Gasteiger partial charge in [-0.1, -0.05) is 6.07 Å². The molecule has 0 bridgehead atoms. The number of H-pyrrole nitrogens is 1. The number of benzene rings is 1. The molecule has 0 saturated heterocycles. The van der Waals surface area contributed by atoms with Crippen molar-refractivity contribution in [1.29, 1.82) is 0 Å². The fraction of sp³-hybridized carbons (Fsp3) is 0.0833. The molecule has 0 radical (unpaired) electrons. The van der Waals surface area contributed by atoms with E-state index in [9.17, 15) is 18.8 Å². The summed E-state index contributed by atoms with van der Waals surface area (Å²) in [5.74, 6) is -2.00. The molecule has 7 heteroatoms. The summed E-state index contributed by atoms with van der Waals surface area (Å²) >= 11 is 0. The van der Waals surface area contributed by atoms with Crippen LogP contribution in [0.5, 0.6) is 0 Å². The Balaban J connectivity index is 2.71. The van der Waals surface area contributed by atoms with E-state index in [1.54, 1.807) is 6.92 Å². The van der Waals surface area contributed by atoms with Gasteiger partial charge in [-0.2, -0.15) is 0 Å². The molecule has 1 aromatic heterocycles. The van der Waals surface area contributed by atoms with Crippen LogP contribution in [0, 0.1) is 12.7 Å². The Morgan fingerprint density at radius 2 is 2.05 bits per heavy atom. The van der Waals surface area contributed by atoms with Crippen LogP contribution in [0.25, 0.3) is 5.69 Å². The van der Waals surface area contributed by atoms with Crippen molar-refractivity contribution in [2.24, 2.45) is 0 Å². The van der Waals surface area contributed by atoms with Crippen LogP contribution in [0.4, 0.5) is 4.39 Å². The molecule has 2 aromatic rings. The summed E-state index contributed by atoms with van der Waals surface area (Å²) in [6.07, 6.45) is 0.869. The first-order chi connectivity index (χ1) is 8.90. The van der Waals surface area contributed by atoms with Crippen molar-refractivity contribution >= 4 is 5.97 Å². The molecule has 0 fully saturated rings. The van der Waals surface area contributed by atoms with E-state index in [0.29, 0.717) is 5.56 Å². The number of aromatic carboxylic acids is 1. The maximum atomic E-state index is 13.4. The van der Waals surface area contributed by atoms with Crippen molar-refractivity contribution in [3.63, 3.8) is 0 Å². The highest BCUT2D eigenvalue weighted by molar-refractivity contribution is 5.86. The molecule has 0 spiro atoms. The van der Waals surface area contributed by atoms with Crippen LogP contribution in [0.3, 0.4) is 0 Å². The highest BCUT2D eigenvalue weighted by atomic mass is 19.1. The van der Waals surface area contributed by atoms with Crippen LogP contribution in [0.2, 0.25) is 0 Å². The number of aromatic amines is 1. The second-order valence-corrected chi connectivity index (χ2v) is 3.91. The van der Waals surface area contributed by atoms with Crippen molar-refractivity contribution in [2.45, 2.75) is 6.92 Å². The van der Waals surface area contributed by atoms with Gasteiger partial charge in [0.1, 0.15) is 11.4 Å². The van der Waals surface area contributed by atoms with Gasteiger partial charge in [0.05, 0.1) is 5.69 Å². The first-order valence-electron chi connectivity index (χ1n) is 5.26. The minimum Gasteiger partial charge on any atom is -0.477 e. The number of carboxylic acid groups (broad SMARTS) is 1. The molecule has 1 aromatic carbocycles. The van der Waals surface area contributed by atoms with E-state index in [1.165, 1.54) is 12.1 Å². The lowest BCUT2D eigenvalue weighted by atomic mass is 10.2. The molecule has 19 heavy (non-hydrogen) atoms. The largest absolute Gasteiger partial charge is 0.477 e. The summed E-state index contributed by atoms with van der Waals surface area (Å²) in [5.41, 5.74) is -1.91. The van der Waals surface area contributed by atoms with Gasteiger partial charge in [-0.3, -0.25) is 14.3 Å². The van der Waals surface area contributed by atoms with Gasteiger partial charge in [-0.05, 0) is 24.6 Å². The third kappa shape index (κ3) is 2.30. The summed E-state index contributed by atoms with van der Waals surface area (Å²) in [6.45, 7) is 1.55. The average Bonchev–Trinajstić information content (AvgIpc) is 2.32. The molecule has 0 saturated carbocycles. The van der Waals surface area contributed by atoms with Crippen molar-refractivity contribution in [3.8, 4) is 5.69 Å². The molecular formula is C12H9FN2O4. The van der Waals surface area contributed by atoms with Crippen molar-refractivity contribution in [1.82, 2.24) is 9.55 Å². The highest BCUT2D eigenvalue weighted by Crippen LogP contribution is 2.11. The molecular weight excluding hydrogens is 255 g/mol. The number of hydrogen-bond donors (Lipinski definition) is 2. The van der Waals surface area contributed by atoms with Crippen LogP contribution in [-0.4, -0.2) is 20.6 Å². The Hall–Kier alpha value is -2.70. The van der Waals surface area contributed by atoms with Crippen molar-refractivity contribution in [2.75, 3.05) is 0 Å². The molecule has 0 aliphatic rings. The van der Waals surface area contributed by atoms with Gasteiger partial charge >= 0.3 is 11.7 Å². The third-order valence-electron chi connectivity index (χ3n) is 2.61. The van der Waals surface area contributed by atoms with E-state index in [4.69, 9.17) is 5.11 Å².